The second-order valence-corrected chi connectivity index (χ2v) is 4.57. The lowest BCUT2D eigenvalue weighted by Gasteiger charge is -2.22. The number of hydrogen-bond acceptors (Lipinski definition) is 5. The van der Waals surface area contributed by atoms with Crippen LogP contribution in [0, 0.1) is 0 Å². The lowest BCUT2D eigenvalue weighted by atomic mass is 10.3. The first-order valence-electron chi connectivity index (χ1n) is 3.82. The van der Waals surface area contributed by atoms with Crippen molar-refractivity contribution in [2.45, 2.75) is 6.04 Å². The van der Waals surface area contributed by atoms with Crippen molar-refractivity contribution in [3.8, 4) is 0 Å². The highest BCUT2D eigenvalue weighted by Crippen LogP contribution is 1.93. The zero-order valence-electron chi connectivity index (χ0n) is 7.24. The van der Waals surface area contributed by atoms with Crippen LogP contribution < -0.4 is 10.0 Å². The first-order valence-corrected chi connectivity index (χ1v) is 5.71. The van der Waals surface area contributed by atoms with Gasteiger partial charge in [0.1, 0.15) is 6.04 Å². The minimum Gasteiger partial charge on any atom is -0.378 e. The molecule has 7 heteroatoms. The summed E-state index contributed by atoms with van der Waals surface area (Å²) in [6.45, 7) is 1.31. The van der Waals surface area contributed by atoms with E-state index in [-0.39, 0.29) is 6.61 Å². The Balaban J connectivity index is 2.47. The number of morpholine rings is 1. The van der Waals surface area contributed by atoms with E-state index >= 15 is 0 Å². The first-order chi connectivity index (χ1) is 5.99. The van der Waals surface area contributed by atoms with E-state index in [1.807, 2.05) is 4.72 Å². The smallest absolute Gasteiger partial charge is 0.252 e. The lowest BCUT2D eigenvalue weighted by molar-refractivity contribution is -0.124. The highest BCUT2D eigenvalue weighted by molar-refractivity contribution is 7.89. The van der Waals surface area contributed by atoms with E-state index in [1.165, 1.54) is 0 Å². The van der Waals surface area contributed by atoms with Crippen LogP contribution in [0.5, 0.6) is 0 Å². The lowest BCUT2D eigenvalue weighted by Crippen LogP contribution is -2.52. The minimum absolute atomic E-state index is 0.210. The summed E-state index contributed by atoms with van der Waals surface area (Å²) in [7, 11) is -3.47. The third kappa shape index (κ3) is 3.71. The molecule has 0 bridgehead atoms. The molecular formula is C6H12N2O4S. The Morgan fingerprint density at radius 2 is 2.31 bits per heavy atom. The Bertz CT molecular complexity index is 281. The molecule has 76 valence electrons. The zero-order chi connectivity index (χ0) is 9.90. The molecule has 0 aromatic heterocycles. The number of ether oxygens (including phenoxy) is 1. The molecule has 2 N–H and O–H groups in total. The molecule has 0 aliphatic carbocycles. The van der Waals surface area contributed by atoms with Gasteiger partial charge in [-0.1, -0.05) is 0 Å². The molecule has 0 aromatic carbocycles. The molecule has 1 fully saturated rings. The summed E-state index contributed by atoms with van der Waals surface area (Å²) in [5.74, 6) is -0.567. The third-order valence-electron chi connectivity index (χ3n) is 1.52. The average molecular weight is 208 g/mol. The maximum atomic E-state index is 11.2. The monoisotopic (exact) mass is 208 g/mol. The number of carbonyl (C=O) groups excluding carboxylic acids is 1. The maximum Gasteiger partial charge on any atom is 0.252 e. The van der Waals surface area contributed by atoms with Crippen LogP contribution in [0.3, 0.4) is 0 Å². The molecule has 0 saturated carbocycles. The second kappa shape index (κ2) is 4.03. The fraction of sp³-hybridized carbons (Fsp3) is 0.833. The molecule has 1 atom stereocenters. The van der Waals surface area contributed by atoms with Gasteiger partial charge in [-0.2, -0.15) is 0 Å². The largest absolute Gasteiger partial charge is 0.378 e. The Morgan fingerprint density at radius 3 is 2.77 bits per heavy atom. The highest BCUT2D eigenvalue weighted by atomic mass is 32.2. The third-order valence-corrected chi connectivity index (χ3v) is 2.10. The maximum absolute atomic E-state index is 11.2. The van der Waals surface area contributed by atoms with Crippen LogP contribution in [0.2, 0.25) is 0 Å². The van der Waals surface area contributed by atoms with E-state index in [1.54, 1.807) is 0 Å². The predicted octanol–water partition coefficient (Wildman–Crippen LogP) is -1.95. The molecule has 0 spiro atoms. The van der Waals surface area contributed by atoms with Crippen molar-refractivity contribution in [3.63, 3.8) is 0 Å². The summed E-state index contributed by atoms with van der Waals surface area (Å²) in [5.41, 5.74) is 0. The van der Waals surface area contributed by atoms with Crippen molar-refractivity contribution in [2.24, 2.45) is 0 Å². The topological polar surface area (TPSA) is 84.5 Å². The standard InChI is InChI=1S/C6H12N2O4S/c1-13(10,11)8-6(9)5-4-12-3-2-7-5/h5,7H,2-4H2,1H3,(H,8,9). The van der Waals surface area contributed by atoms with Crippen molar-refractivity contribution in [1.82, 2.24) is 10.0 Å². The normalized spacial score (nSPS) is 23.9. The fourth-order valence-electron chi connectivity index (χ4n) is 0.988. The van der Waals surface area contributed by atoms with E-state index in [0.717, 1.165) is 6.26 Å². The molecule has 1 rings (SSSR count). The Kier molecular flexibility index (Phi) is 3.23. The van der Waals surface area contributed by atoms with Crippen LogP contribution in [0.4, 0.5) is 0 Å². The van der Waals surface area contributed by atoms with Crippen LogP contribution in [-0.4, -0.2) is 46.4 Å². The van der Waals surface area contributed by atoms with Crippen LogP contribution in [0.25, 0.3) is 0 Å². The van der Waals surface area contributed by atoms with Crippen molar-refractivity contribution < 1.29 is 17.9 Å². The van der Waals surface area contributed by atoms with Gasteiger partial charge >= 0.3 is 0 Å². The Labute approximate surface area is 76.7 Å². The predicted molar refractivity (Wildman–Crippen MR) is 45.6 cm³/mol. The van der Waals surface area contributed by atoms with Crippen molar-refractivity contribution in [2.75, 3.05) is 26.0 Å². The minimum atomic E-state index is -3.47. The molecule has 1 amide bonds. The van der Waals surface area contributed by atoms with Crippen LogP contribution in [0.1, 0.15) is 0 Å². The van der Waals surface area contributed by atoms with Gasteiger partial charge in [0.15, 0.2) is 0 Å². The quantitative estimate of drug-likeness (QED) is 0.551. The van der Waals surface area contributed by atoms with Gasteiger partial charge < -0.3 is 10.1 Å². The van der Waals surface area contributed by atoms with Crippen LogP contribution in [-0.2, 0) is 19.6 Å². The van der Waals surface area contributed by atoms with Gasteiger partial charge in [0.25, 0.3) is 5.91 Å². The molecule has 1 unspecified atom stereocenters. The second-order valence-electron chi connectivity index (χ2n) is 2.82. The SMILES string of the molecule is CS(=O)(=O)NC(=O)C1COCCN1. The molecule has 6 nitrogen and oxygen atoms in total. The zero-order valence-corrected chi connectivity index (χ0v) is 8.06. The van der Waals surface area contributed by atoms with Crippen molar-refractivity contribution in [3.05, 3.63) is 0 Å². The van der Waals surface area contributed by atoms with Gasteiger partial charge in [0.05, 0.1) is 19.5 Å². The van der Waals surface area contributed by atoms with E-state index in [0.29, 0.717) is 13.2 Å². The molecule has 0 aromatic rings. The highest BCUT2D eigenvalue weighted by Gasteiger charge is 2.23. The van der Waals surface area contributed by atoms with Gasteiger partial charge in [0.2, 0.25) is 10.0 Å². The molecule has 13 heavy (non-hydrogen) atoms. The Morgan fingerprint density at radius 1 is 1.62 bits per heavy atom. The summed E-state index contributed by atoms with van der Waals surface area (Å²) in [6, 6.07) is -0.566. The number of rotatable bonds is 2. The van der Waals surface area contributed by atoms with Gasteiger partial charge in [0, 0.05) is 6.54 Å². The summed E-state index contributed by atoms with van der Waals surface area (Å²) >= 11 is 0. The summed E-state index contributed by atoms with van der Waals surface area (Å²) < 4.78 is 28.2. The van der Waals surface area contributed by atoms with Crippen molar-refractivity contribution >= 4 is 15.9 Å². The van der Waals surface area contributed by atoms with Crippen molar-refractivity contribution in [1.29, 1.82) is 0 Å². The van der Waals surface area contributed by atoms with E-state index in [9.17, 15) is 13.2 Å². The molecule has 0 radical (unpaired) electrons. The van der Waals surface area contributed by atoms with Gasteiger partial charge in [-0.05, 0) is 0 Å². The van der Waals surface area contributed by atoms with Gasteiger partial charge in [-0.15, -0.1) is 0 Å². The van der Waals surface area contributed by atoms with Gasteiger partial charge in [-0.25, -0.2) is 8.42 Å². The number of hydrogen-bond donors (Lipinski definition) is 2. The van der Waals surface area contributed by atoms with Crippen LogP contribution in [0.15, 0.2) is 0 Å². The number of sulfonamides is 1. The van der Waals surface area contributed by atoms with Crippen LogP contribution >= 0.6 is 0 Å². The molecule has 1 saturated heterocycles. The summed E-state index contributed by atoms with van der Waals surface area (Å²) in [4.78, 5) is 11.2. The summed E-state index contributed by atoms with van der Waals surface area (Å²) in [6.07, 6.45) is 0.939. The molecule has 1 heterocycles. The molecular weight excluding hydrogens is 196 g/mol. The summed E-state index contributed by atoms with van der Waals surface area (Å²) in [5, 5.41) is 2.84. The number of amides is 1. The fourth-order valence-corrected chi connectivity index (χ4v) is 1.50. The van der Waals surface area contributed by atoms with E-state index in [4.69, 9.17) is 4.74 Å². The number of nitrogens with one attached hydrogen (secondary N) is 2. The Hall–Kier alpha value is -0.660. The average Bonchev–Trinajstić information content (AvgIpc) is 2.03. The van der Waals surface area contributed by atoms with E-state index < -0.39 is 22.0 Å². The number of carbonyl (C=O) groups is 1. The molecule has 1 aliphatic rings. The molecule has 1 aliphatic heterocycles. The van der Waals surface area contributed by atoms with Gasteiger partial charge in [-0.3, -0.25) is 9.52 Å². The van der Waals surface area contributed by atoms with E-state index in [2.05, 4.69) is 5.32 Å². The first kappa shape index (κ1) is 10.4.